The first kappa shape index (κ1) is 13.8. The van der Waals surface area contributed by atoms with E-state index in [1.807, 2.05) is 11.8 Å². The summed E-state index contributed by atoms with van der Waals surface area (Å²) in [6.45, 7) is 4.50. The molecule has 1 amide bonds. The van der Waals surface area contributed by atoms with Crippen molar-refractivity contribution >= 4 is 5.91 Å². The minimum atomic E-state index is 0.132. The number of amides is 1. The zero-order chi connectivity index (χ0) is 14.7. The second-order valence-electron chi connectivity index (χ2n) is 5.16. The first-order valence-corrected chi connectivity index (χ1v) is 7.09. The standard InChI is InChI=1S/C14H18N4O3/c1-10-8-15-5-6-18(10)13(19)3-2-12-16-14(17-21-12)11-4-7-20-9-11/h4,7,9-10,15H,2-3,5-6,8H2,1H3/t10-/m0/s1. The van der Waals surface area contributed by atoms with Gasteiger partial charge < -0.3 is 19.2 Å². The van der Waals surface area contributed by atoms with E-state index in [2.05, 4.69) is 15.5 Å². The SMILES string of the molecule is C[C@H]1CNCCN1C(=O)CCc1nc(-c2ccoc2)no1. The lowest BCUT2D eigenvalue weighted by atomic mass is 10.2. The Morgan fingerprint density at radius 1 is 1.57 bits per heavy atom. The van der Waals surface area contributed by atoms with Crippen molar-refractivity contribution in [1.29, 1.82) is 0 Å². The lowest BCUT2D eigenvalue weighted by molar-refractivity contribution is -0.134. The van der Waals surface area contributed by atoms with Crippen LogP contribution < -0.4 is 5.32 Å². The summed E-state index contributed by atoms with van der Waals surface area (Å²) in [5, 5.41) is 7.15. The van der Waals surface area contributed by atoms with E-state index in [1.165, 1.54) is 0 Å². The number of nitrogens with zero attached hydrogens (tertiary/aromatic N) is 3. The largest absolute Gasteiger partial charge is 0.472 e. The van der Waals surface area contributed by atoms with Crippen molar-refractivity contribution in [1.82, 2.24) is 20.4 Å². The van der Waals surface area contributed by atoms with Crippen LogP contribution in [0.15, 0.2) is 27.5 Å². The predicted octanol–water partition coefficient (Wildman–Crippen LogP) is 1.08. The number of aromatic nitrogens is 2. The molecule has 3 rings (SSSR count). The third-order valence-electron chi connectivity index (χ3n) is 3.62. The number of rotatable bonds is 4. The van der Waals surface area contributed by atoms with E-state index in [4.69, 9.17) is 8.94 Å². The summed E-state index contributed by atoms with van der Waals surface area (Å²) in [7, 11) is 0. The molecule has 21 heavy (non-hydrogen) atoms. The van der Waals surface area contributed by atoms with Gasteiger partial charge in [-0.1, -0.05) is 5.16 Å². The number of piperazine rings is 1. The Bertz CT molecular complexity index is 593. The van der Waals surface area contributed by atoms with Crippen LogP contribution in [-0.4, -0.2) is 46.6 Å². The van der Waals surface area contributed by atoms with Gasteiger partial charge in [-0.3, -0.25) is 4.79 Å². The number of aryl methyl sites for hydroxylation is 1. The van der Waals surface area contributed by atoms with E-state index in [1.54, 1.807) is 18.6 Å². The zero-order valence-corrected chi connectivity index (χ0v) is 11.9. The number of furan rings is 1. The third kappa shape index (κ3) is 3.13. The van der Waals surface area contributed by atoms with Crippen LogP contribution in [0.2, 0.25) is 0 Å². The fourth-order valence-corrected chi connectivity index (χ4v) is 2.43. The molecule has 2 aromatic heterocycles. The second-order valence-corrected chi connectivity index (χ2v) is 5.16. The molecular formula is C14H18N4O3. The molecule has 3 heterocycles. The number of carbonyl (C=O) groups is 1. The maximum Gasteiger partial charge on any atom is 0.227 e. The van der Waals surface area contributed by atoms with E-state index >= 15 is 0 Å². The fraction of sp³-hybridized carbons (Fsp3) is 0.500. The van der Waals surface area contributed by atoms with Gasteiger partial charge in [0, 0.05) is 38.5 Å². The van der Waals surface area contributed by atoms with E-state index in [0.717, 1.165) is 25.2 Å². The van der Waals surface area contributed by atoms with Gasteiger partial charge in [0.15, 0.2) is 0 Å². The smallest absolute Gasteiger partial charge is 0.227 e. The number of carbonyl (C=O) groups excluding carboxylic acids is 1. The van der Waals surface area contributed by atoms with Crippen molar-refractivity contribution < 1.29 is 13.7 Å². The lowest BCUT2D eigenvalue weighted by Gasteiger charge is -2.34. The molecule has 0 bridgehead atoms. The Morgan fingerprint density at radius 2 is 2.48 bits per heavy atom. The van der Waals surface area contributed by atoms with Gasteiger partial charge in [0.05, 0.1) is 11.8 Å². The molecule has 0 aliphatic carbocycles. The average molecular weight is 290 g/mol. The molecule has 0 radical (unpaired) electrons. The summed E-state index contributed by atoms with van der Waals surface area (Å²) >= 11 is 0. The van der Waals surface area contributed by atoms with Crippen molar-refractivity contribution in [3.63, 3.8) is 0 Å². The van der Waals surface area contributed by atoms with Crippen LogP contribution in [-0.2, 0) is 11.2 Å². The molecule has 2 aromatic rings. The van der Waals surface area contributed by atoms with Gasteiger partial charge in [-0.25, -0.2) is 0 Å². The number of hydrogen-bond acceptors (Lipinski definition) is 6. The molecule has 1 aliphatic heterocycles. The molecule has 1 atom stereocenters. The molecule has 0 saturated carbocycles. The normalized spacial score (nSPS) is 18.9. The predicted molar refractivity (Wildman–Crippen MR) is 74.4 cm³/mol. The van der Waals surface area contributed by atoms with E-state index < -0.39 is 0 Å². The fourth-order valence-electron chi connectivity index (χ4n) is 2.43. The molecular weight excluding hydrogens is 272 g/mol. The van der Waals surface area contributed by atoms with Crippen LogP contribution in [0.25, 0.3) is 11.4 Å². The van der Waals surface area contributed by atoms with Crippen LogP contribution in [0.3, 0.4) is 0 Å². The summed E-state index contributed by atoms with van der Waals surface area (Å²) in [6, 6.07) is 2.00. The van der Waals surface area contributed by atoms with Gasteiger partial charge in [-0.15, -0.1) is 0 Å². The highest BCUT2D eigenvalue weighted by Gasteiger charge is 2.23. The summed E-state index contributed by atoms with van der Waals surface area (Å²) in [5.41, 5.74) is 0.770. The van der Waals surface area contributed by atoms with Crippen molar-refractivity contribution in [3.8, 4) is 11.4 Å². The summed E-state index contributed by atoms with van der Waals surface area (Å²) < 4.78 is 10.1. The Hall–Kier alpha value is -2.15. The third-order valence-corrected chi connectivity index (χ3v) is 3.62. The van der Waals surface area contributed by atoms with E-state index in [9.17, 15) is 4.79 Å². The maximum absolute atomic E-state index is 12.2. The van der Waals surface area contributed by atoms with Crippen LogP contribution in [0.4, 0.5) is 0 Å². The van der Waals surface area contributed by atoms with Gasteiger partial charge in [0.1, 0.15) is 6.26 Å². The average Bonchev–Trinajstić information content (AvgIpc) is 3.16. The molecule has 0 spiro atoms. The Morgan fingerprint density at radius 3 is 3.24 bits per heavy atom. The Balaban J connectivity index is 1.56. The van der Waals surface area contributed by atoms with Crippen molar-refractivity contribution in [3.05, 3.63) is 24.5 Å². The Labute approximate surface area is 122 Å². The van der Waals surface area contributed by atoms with Crippen LogP contribution in [0.5, 0.6) is 0 Å². The van der Waals surface area contributed by atoms with Crippen LogP contribution in [0.1, 0.15) is 19.2 Å². The van der Waals surface area contributed by atoms with Crippen molar-refractivity contribution in [2.45, 2.75) is 25.8 Å². The first-order valence-electron chi connectivity index (χ1n) is 7.09. The van der Waals surface area contributed by atoms with E-state index in [0.29, 0.717) is 24.6 Å². The molecule has 0 aromatic carbocycles. The monoisotopic (exact) mass is 290 g/mol. The van der Waals surface area contributed by atoms with Gasteiger partial charge >= 0.3 is 0 Å². The molecule has 1 saturated heterocycles. The highest BCUT2D eigenvalue weighted by atomic mass is 16.5. The second kappa shape index (κ2) is 6.09. The van der Waals surface area contributed by atoms with Gasteiger partial charge in [-0.2, -0.15) is 4.98 Å². The molecule has 7 heteroatoms. The van der Waals surface area contributed by atoms with Gasteiger partial charge in [-0.05, 0) is 13.0 Å². The number of nitrogens with one attached hydrogen (secondary N) is 1. The van der Waals surface area contributed by atoms with Gasteiger partial charge in [0.2, 0.25) is 17.6 Å². The highest BCUT2D eigenvalue weighted by molar-refractivity contribution is 5.76. The molecule has 1 N–H and O–H groups in total. The van der Waals surface area contributed by atoms with Crippen LogP contribution in [0, 0.1) is 0 Å². The highest BCUT2D eigenvalue weighted by Crippen LogP contribution is 2.16. The van der Waals surface area contributed by atoms with E-state index in [-0.39, 0.29) is 11.9 Å². The zero-order valence-electron chi connectivity index (χ0n) is 11.9. The lowest BCUT2D eigenvalue weighted by Crippen LogP contribution is -2.52. The molecule has 1 aliphatic rings. The quantitative estimate of drug-likeness (QED) is 0.907. The molecule has 1 fully saturated rings. The first-order chi connectivity index (χ1) is 10.2. The molecule has 0 unspecified atom stereocenters. The number of hydrogen-bond donors (Lipinski definition) is 1. The summed E-state index contributed by atoms with van der Waals surface area (Å²) in [5.74, 6) is 1.09. The van der Waals surface area contributed by atoms with Crippen LogP contribution >= 0.6 is 0 Å². The van der Waals surface area contributed by atoms with Gasteiger partial charge in [0.25, 0.3) is 0 Å². The molecule has 112 valence electrons. The van der Waals surface area contributed by atoms with Crippen molar-refractivity contribution in [2.75, 3.05) is 19.6 Å². The maximum atomic E-state index is 12.2. The minimum Gasteiger partial charge on any atom is -0.472 e. The minimum absolute atomic E-state index is 0.132. The summed E-state index contributed by atoms with van der Waals surface area (Å²) in [4.78, 5) is 18.4. The summed E-state index contributed by atoms with van der Waals surface area (Å²) in [6.07, 6.45) is 3.96. The Kier molecular flexibility index (Phi) is 4.01. The van der Waals surface area contributed by atoms with Crippen molar-refractivity contribution in [2.24, 2.45) is 0 Å². The molecule has 7 nitrogen and oxygen atoms in total. The topological polar surface area (TPSA) is 84.4 Å².